The van der Waals surface area contributed by atoms with Crippen molar-refractivity contribution in [3.8, 4) is 0 Å². The molecule has 0 fully saturated rings. The fourth-order valence-corrected chi connectivity index (χ4v) is 3.83. The lowest BCUT2D eigenvalue weighted by molar-refractivity contribution is 0.392. The van der Waals surface area contributed by atoms with Crippen LogP contribution in [0.25, 0.3) is 0 Å². The first-order chi connectivity index (χ1) is 9.83. The van der Waals surface area contributed by atoms with Crippen LogP contribution in [0.2, 0.25) is 0 Å². The Bertz CT molecular complexity index is 716. The maximum atomic E-state index is 11.6. The van der Waals surface area contributed by atoms with Crippen molar-refractivity contribution in [2.75, 3.05) is 7.05 Å². The minimum Gasteiger partial charge on any atom is -0.447 e. The summed E-state index contributed by atoms with van der Waals surface area (Å²) in [5.41, 5.74) is 1.27. The Morgan fingerprint density at radius 3 is 2.62 bits per heavy atom. The zero-order chi connectivity index (χ0) is 15.6. The summed E-state index contributed by atoms with van der Waals surface area (Å²) >= 11 is 1.78. The van der Waals surface area contributed by atoms with E-state index in [-0.39, 0.29) is 11.1 Å². The van der Waals surface area contributed by atoms with Crippen molar-refractivity contribution in [2.24, 2.45) is 0 Å². The predicted molar refractivity (Wildman–Crippen MR) is 84.0 cm³/mol. The van der Waals surface area contributed by atoms with Crippen LogP contribution in [0.4, 0.5) is 0 Å². The maximum absolute atomic E-state index is 11.6. The molecule has 1 atom stereocenters. The molecular weight excluding hydrogens is 308 g/mol. The summed E-state index contributed by atoms with van der Waals surface area (Å²) in [4.78, 5) is 2.59. The molecule has 0 aliphatic rings. The van der Waals surface area contributed by atoms with Gasteiger partial charge in [0.1, 0.15) is 5.76 Å². The number of nitrogens with one attached hydrogen (secondary N) is 2. The Morgan fingerprint density at radius 1 is 1.33 bits per heavy atom. The number of hydrogen-bond acceptors (Lipinski definition) is 5. The second-order valence-corrected chi connectivity index (χ2v) is 8.18. The van der Waals surface area contributed by atoms with Crippen LogP contribution in [0.15, 0.2) is 27.7 Å². The first kappa shape index (κ1) is 16.2. The van der Waals surface area contributed by atoms with Crippen LogP contribution in [0.5, 0.6) is 0 Å². The van der Waals surface area contributed by atoms with Crippen LogP contribution in [-0.2, 0) is 16.6 Å². The van der Waals surface area contributed by atoms with Gasteiger partial charge in [-0.15, -0.1) is 11.3 Å². The standard InChI is InChI=1S/C14H20N2O3S2/c1-9-7-13(11(3)20-9)10(2)16-8-12-5-6-14(19-12)21(17,18)15-4/h5-7,10,15-16H,8H2,1-4H3. The van der Waals surface area contributed by atoms with Crippen molar-refractivity contribution in [3.05, 3.63) is 39.3 Å². The van der Waals surface area contributed by atoms with E-state index in [2.05, 4.69) is 36.9 Å². The monoisotopic (exact) mass is 328 g/mol. The van der Waals surface area contributed by atoms with Crippen LogP contribution in [0, 0.1) is 13.8 Å². The smallest absolute Gasteiger partial charge is 0.273 e. The third-order valence-corrected chi connectivity index (χ3v) is 5.57. The fourth-order valence-electron chi connectivity index (χ4n) is 2.14. The maximum Gasteiger partial charge on any atom is 0.273 e. The number of hydrogen-bond donors (Lipinski definition) is 2. The molecule has 0 amide bonds. The average Bonchev–Trinajstić information content (AvgIpc) is 3.03. The van der Waals surface area contributed by atoms with Gasteiger partial charge in [-0.1, -0.05) is 0 Å². The summed E-state index contributed by atoms with van der Waals surface area (Å²) in [5.74, 6) is 0.597. The van der Waals surface area contributed by atoms with E-state index in [1.165, 1.54) is 28.4 Å². The van der Waals surface area contributed by atoms with E-state index in [9.17, 15) is 8.42 Å². The van der Waals surface area contributed by atoms with Gasteiger partial charge in [0.05, 0.1) is 6.54 Å². The minimum absolute atomic E-state index is 0.0583. The second-order valence-electron chi connectivity index (χ2n) is 4.90. The molecule has 0 aromatic carbocycles. The Morgan fingerprint density at radius 2 is 2.05 bits per heavy atom. The molecule has 1 unspecified atom stereocenters. The molecule has 0 bridgehead atoms. The average molecular weight is 328 g/mol. The second kappa shape index (κ2) is 6.31. The normalized spacial score (nSPS) is 13.5. The Kier molecular flexibility index (Phi) is 4.88. The summed E-state index contributed by atoms with van der Waals surface area (Å²) in [5, 5.41) is 3.29. The van der Waals surface area contributed by atoms with E-state index in [0.29, 0.717) is 12.3 Å². The Labute approximate surface area is 129 Å². The van der Waals surface area contributed by atoms with Gasteiger partial charge in [-0.2, -0.15) is 0 Å². The molecule has 0 aliphatic carbocycles. The first-order valence-electron chi connectivity index (χ1n) is 6.66. The van der Waals surface area contributed by atoms with Gasteiger partial charge < -0.3 is 9.73 Å². The Balaban J connectivity index is 2.02. The first-order valence-corrected chi connectivity index (χ1v) is 8.96. The molecule has 0 radical (unpaired) electrons. The highest BCUT2D eigenvalue weighted by molar-refractivity contribution is 7.89. The zero-order valence-electron chi connectivity index (χ0n) is 12.6. The molecule has 0 saturated heterocycles. The van der Waals surface area contributed by atoms with E-state index in [0.717, 1.165) is 0 Å². The lowest BCUT2D eigenvalue weighted by atomic mass is 10.1. The highest BCUT2D eigenvalue weighted by Gasteiger charge is 2.17. The van der Waals surface area contributed by atoms with Gasteiger partial charge in [0.25, 0.3) is 10.0 Å². The molecule has 21 heavy (non-hydrogen) atoms. The number of furan rings is 1. The molecule has 7 heteroatoms. The lowest BCUT2D eigenvalue weighted by Gasteiger charge is -2.12. The van der Waals surface area contributed by atoms with E-state index in [1.807, 2.05) is 0 Å². The summed E-state index contributed by atoms with van der Waals surface area (Å²) in [7, 11) is -2.15. The fraction of sp³-hybridized carbons (Fsp3) is 0.429. The van der Waals surface area contributed by atoms with Crippen molar-refractivity contribution in [1.82, 2.24) is 10.0 Å². The number of sulfonamides is 1. The molecule has 5 nitrogen and oxygen atoms in total. The number of thiophene rings is 1. The van der Waals surface area contributed by atoms with Crippen molar-refractivity contribution in [1.29, 1.82) is 0 Å². The lowest BCUT2D eigenvalue weighted by Crippen LogP contribution is -2.18. The quantitative estimate of drug-likeness (QED) is 0.855. The van der Waals surface area contributed by atoms with Crippen molar-refractivity contribution in [3.63, 3.8) is 0 Å². The molecular formula is C14H20N2O3S2. The predicted octanol–water partition coefficient (Wildman–Crippen LogP) is 2.72. The van der Waals surface area contributed by atoms with Crippen molar-refractivity contribution >= 4 is 21.4 Å². The van der Waals surface area contributed by atoms with Gasteiger partial charge in [0.15, 0.2) is 0 Å². The van der Waals surface area contributed by atoms with Crippen molar-refractivity contribution < 1.29 is 12.8 Å². The highest BCUT2D eigenvalue weighted by Crippen LogP contribution is 2.26. The minimum atomic E-state index is -3.51. The number of aryl methyl sites for hydroxylation is 2. The van der Waals surface area contributed by atoms with Gasteiger partial charge in [-0.05, 0) is 51.6 Å². The van der Waals surface area contributed by atoms with E-state index >= 15 is 0 Å². The van der Waals surface area contributed by atoms with Gasteiger partial charge >= 0.3 is 0 Å². The molecule has 0 saturated carbocycles. The topological polar surface area (TPSA) is 71.3 Å². The van der Waals surface area contributed by atoms with Crippen LogP contribution in [0.3, 0.4) is 0 Å². The molecule has 2 heterocycles. The van der Waals surface area contributed by atoms with E-state index in [1.54, 1.807) is 17.4 Å². The van der Waals surface area contributed by atoms with Crippen LogP contribution < -0.4 is 10.0 Å². The largest absolute Gasteiger partial charge is 0.447 e. The molecule has 2 N–H and O–H groups in total. The molecule has 2 aromatic heterocycles. The molecule has 2 rings (SSSR count). The third kappa shape index (κ3) is 3.74. The summed E-state index contributed by atoms with van der Waals surface area (Å²) in [6, 6.07) is 5.50. The van der Waals surface area contributed by atoms with Crippen molar-refractivity contribution in [2.45, 2.75) is 38.5 Å². The van der Waals surface area contributed by atoms with E-state index < -0.39 is 10.0 Å². The zero-order valence-corrected chi connectivity index (χ0v) is 14.2. The summed E-state index contributed by atoms with van der Waals surface area (Å²) < 4.78 is 30.8. The summed E-state index contributed by atoms with van der Waals surface area (Å²) in [6.07, 6.45) is 0. The van der Waals surface area contributed by atoms with Crippen LogP contribution in [-0.4, -0.2) is 15.5 Å². The Hall–Kier alpha value is -1.15. The van der Waals surface area contributed by atoms with Gasteiger partial charge in [0.2, 0.25) is 5.09 Å². The highest BCUT2D eigenvalue weighted by atomic mass is 32.2. The SMILES string of the molecule is CNS(=O)(=O)c1ccc(CNC(C)c2cc(C)sc2C)o1. The van der Waals surface area contributed by atoms with Crippen LogP contribution in [0.1, 0.15) is 34.0 Å². The molecule has 0 aliphatic heterocycles. The third-order valence-electron chi connectivity index (χ3n) is 3.30. The molecule has 2 aromatic rings. The molecule has 116 valence electrons. The van der Waals surface area contributed by atoms with Gasteiger partial charge in [-0.3, -0.25) is 0 Å². The van der Waals surface area contributed by atoms with Gasteiger partial charge in [-0.25, -0.2) is 13.1 Å². The summed E-state index contributed by atoms with van der Waals surface area (Å²) in [6.45, 7) is 6.77. The van der Waals surface area contributed by atoms with E-state index in [4.69, 9.17) is 4.42 Å². The van der Waals surface area contributed by atoms with Crippen LogP contribution >= 0.6 is 11.3 Å². The van der Waals surface area contributed by atoms with Gasteiger partial charge in [0, 0.05) is 15.8 Å². The molecule has 0 spiro atoms. The number of rotatable bonds is 6.